The Morgan fingerprint density at radius 2 is 2.00 bits per heavy atom. The van der Waals surface area contributed by atoms with Gasteiger partial charge in [-0.3, -0.25) is 9.36 Å². The first-order chi connectivity index (χ1) is 9.70. The zero-order chi connectivity index (χ0) is 14.1. The summed E-state index contributed by atoms with van der Waals surface area (Å²) >= 11 is 4.75. The van der Waals surface area contributed by atoms with Crippen LogP contribution in [0.3, 0.4) is 0 Å². The zero-order valence-corrected chi connectivity index (χ0v) is 13.0. The first kappa shape index (κ1) is 13.3. The van der Waals surface area contributed by atoms with E-state index in [0.29, 0.717) is 15.3 Å². The van der Waals surface area contributed by atoms with Crippen LogP contribution in [0.1, 0.15) is 0 Å². The van der Waals surface area contributed by atoms with Gasteiger partial charge in [0.1, 0.15) is 0 Å². The number of hydrogen-bond donors (Lipinski definition) is 0. The van der Waals surface area contributed by atoms with Gasteiger partial charge in [0.2, 0.25) is 0 Å². The molecule has 1 aromatic carbocycles. The van der Waals surface area contributed by atoms with Crippen molar-refractivity contribution >= 4 is 38.7 Å². The number of pyridine rings is 1. The fraction of sp³-hybridized carbons (Fsp3) is 0.0714. The molecule has 100 valence electrons. The first-order valence-corrected chi connectivity index (χ1v) is 7.90. The lowest BCUT2D eigenvalue weighted by Gasteiger charge is -2.10. The summed E-state index contributed by atoms with van der Waals surface area (Å²) in [5.74, 6) is 0. The predicted octanol–water partition coefficient (Wildman–Crippen LogP) is 3.27. The van der Waals surface area contributed by atoms with E-state index in [2.05, 4.69) is 25.9 Å². The smallest absolute Gasteiger partial charge is 0.268 e. The molecule has 0 saturated carbocycles. The van der Waals surface area contributed by atoms with Crippen LogP contribution < -0.4 is 5.56 Å². The van der Waals surface area contributed by atoms with Gasteiger partial charge in [0.25, 0.3) is 5.56 Å². The summed E-state index contributed by atoms with van der Waals surface area (Å²) in [7, 11) is 0. The summed E-state index contributed by atoms with van der Waals surface area (Å²) in [6.45, 7) is 0. The zero-order valence-electron chi connectivity index (χ0n) is 10.6. The Labute approximate surface area is 128 Å². The summed E-state index contributed by atoms with van der Waals surface area (Å²) in [5, 5.41) is 1.46. The molecule has 0 bridgehead atoms. The molecule has 0 aliphatic rings. The molecule has 0 aliphatic heterocycles. The Hall–Kier alpha value is -1.66. The molecule has 3 rings (SSSR count). The van der Waals surface area contributed by atoms with Crippen molar-refractivity contribution in [3.63, 3.8) is 0 Å². The molecule has 0 spiro atoms. The summed E-state index contributed by atoms with van der Waals surface area (Å²) in [4.78, 5) is 21.1. The molecule has 20 heavy (non-hydrogen) atoms. The summed E-state index contributed by atoms with van der Waals surface area (Å²) in [6.07, 6.45) is 3.64. The number of halogens is 1. The second-order valence-corrected chi connectivity index (χ2v) is 5.73. The van der Waals surface area contributed by atoms with Crippen molar-refractivity contribution in [2.45, 2.75) is 5.16 Å². The van der Waals surface area contributed by atoms with Gasteiger partial charge < -0.3 is 0 Å². The maximum absolute atomic E-state index is 12.4. The van der Waals surface area contributed by atoms with Gasteiger partial charge >= 0.3 is 0 Å². The highest BCUT2D eigenvalue weighted by molar-refractivity contribution is 9.10. The molecule has 0 saturated heterocycles. The fourth-order valence-corrected chi connectivity index (χ4v) is 2.72. The van der Waals surface area contributed by atoms with Crippen molar-refractivity contribution in [3.8, 4) is 5.69 Å². The van der Waals surface area contributed by atoms with E-state index in [-0.39, 0.29) is 5.56 Å². The summed E-state index contributed by atoms with van der Waals surface area (Å²) in [5.41, 5.74) is 1.27. The average Bonchev–Trinajstić information content (AvgIpc) is 2.49. The molecular weight excluding hydrogens is 338 g/mol. The highest BCUT2D eigenvalue weighted by Gasteiger charge is 2.11. The quantitative estimate of drug-likeness (QED) is 0.527. The van der Waals surface area contributed by atoms with E-state index in [1.807, 2.05) is 36.6 Å². The van der Waals surface area contributed by atoms with Gasteiger partial charge in [-0.05, 0) is 40.4 Å². The second kappa shape index (κ2) is 5.38. The molecule has 0 fully saturated rings. The topological polar surface area (TPSA) is 47.8 Å². The Bertz CT molecular complexity index is 833. The number of fused-ring (bicyclic) bond motifs is 1. The van der Waals surface area contributed by atoms with Crippen molar-refractivity contribution in [1.82, 2.24) is 14.5 Å². The molecule has 0 unspecified atom stereocenters. The highest BCUT2D eigenvalue weighted by atomic mass is 79.9. The Balaban J connectivity index is 2.44. The van der Waals surface area contributed by atoms with Crippen LogP contribution in [0, 0.1) is 0 Å². The number of nitrogens with zero attached hydrogens (tertiary/aromatic N) is 3. The number of rotatable bonds is 2. The largest absolute Gasteiger partial charge is 0.271 e. The third kappa shape index (κ3) is 2.25. The number of hydrogen-bond acceptors (Lipinski definition) is 4. The minimum atomic E-state index is -0.130. The average molecular weight is 348 g/mol. The Morgan fingerprint density at radius 3 is 2.70 bits per heavy atom. The maximum atomic E-state index is 12.4. The minimum Gasteiger partial charge on any atom is -0.268 e. The van der Waals surface area contributed by atoms with Crippen LogP contribution in [0.4, 0.5) is 0 Å². The van der Waals surface area contributed by atoms with Crippen LogP contribution in [0.5, 0.6) is 0 Å². The first-order valence-electron chi connectivity index (χ1n) is 5.88. The molecule has 0 N–H and O–H groups in total. The van der Waals surface area contributed by atoms with E-state index in [9.17, 15) is 4.79 Å². The lowest BCUT2D eigenvalue weighted by atomic mass is 10.3. The van der Waals surface area contributed by atoms with Gasteiger partial charge in [-0.2, -0.15) is 0 Å². The van der Waals surface area contributed by atoms with E-state index in [1.165, 1.54) is 11.8 Å². The summed E-state index contributed by atoms with van der Waals surface area (Å²) < 4.78 is 2.09. The standard InChI is InChI=1S/C14H10BrN3OS/c1-20-14-16-8-9-7-11(15)13(19)18(12(9)17-14)10-5-3-2-4-6-10/h2-8H,1H3. The van der Waals surface area contributed by atoms with Crippen LogP contribution in [0.2, 0.25) is 0 Å². The van der Waals surface area contributed by atoms with Crippen LogP contribution in [-0.2, 0) is 0 Å². The van der Waals surface area contributed by atoms with E-state index in [1.54, 1.807) is 16.8 Å². The Kier molecular flexibility index (Phi) is 3.58. The molecule has 0 aliphatic carbocycles. The minimum absolute atomic E-state index is 0.130. The number of benzene rings is 1. The number of thioether (sulfide) groups is 1. The van der Waals surface area contributed by atoms with Crippen molar-refractivity contribution in [1.29, 1.82) is 0 Å². The Morgan fingerprint density at radius 1 is 1.25 bits per heavy atom. The van der Waals surface area contributed by atoms with Crippen LogP contribution in [-0.4, -0.2) is 20.8 Å². The highest BCUT2D eigenvalue weighted by Crippen LogP contribution is 2.20. The third-order valence-corrected chi connectivity index (χ3v) is 4.00. The second-order valence-electron chi connectivity index (χ2n) is 4.10. The summed E-state index contributed by atoms with van der Waals surface area (Å²) in [6, 6.07) is 11.2. The van der Waals surface area contributed by atoms with Gasteiger partial charge in [-0.1, -0.05) is 30.0 Å². The van der Waals surface area contributed by atoms with E-state index in [4.69, 9.17) is 0 Å². The molecule has 0 radical (unpaired) electrons. The van der Waals surface area contributed by atoms with Gasteiger partial charge in [0.15, 0.2) is 10.8 Å². The van der Waals surface area contributed by atoms with Gasteiger partial charge in [0, 0.05) is 11.6 Å². The lowest BCUT2D eigenvalue weighted by Crippen LogP contribution is -2.20. The molecule has 2 aromatic heterocycles. The third-order valence-electron chi connectivity index (χ3n) is 2.87. The molecule has 0 amide bonds. The van der Waals surface area contributed by atoms with Crippen LogP contribution in [0.25, 0.3) is 16.7 Å². The lowest BCUT2D eigenvalue weighted by molar-refractivity contribution is 0.934. The molecule has 6 heteroatoms. The van der Waals surface area contributed by atoms with Crippen molar-refractivity contribution < 1.29 is 0 Å². The van der Waals surface area contributed by atoms with Crippen molar-refractivity contribution in [3.05, 3.63) is 57.4 Å². The van der Waals surface area contributed by atoms with Crippen LogP contribution in [0.15, 0.2) is 57.0 Å². The molecule has 2 heterocycles. The fourth-order valence-electron chi connectivity index (χ4n) is 1.96. The van der Waals surface area contributed by atoms with Crippen molar-refractivity contribution in [2.75, 3.05) is 6.26 Å². The van der Waals surface area contributed by atoms with Crippen molar-refractivity contribution in [2.24, 2.45) is 0 Å². The molecule has 3 aromatic rings. The number of para-hydroxylation sites is 1. The maximum Gasteiger partial charge on any atom is 0.271 e. The molecular formula is C14H10BrN3OS. The molecule has 0 atom stereocenters. The van der Waals surface area contributed by atoms with E-state index in [0.717, 1.165) is 11.1 Å². The monoisotopic (exact) mass is 347 g/mol. The SMILES string of the molecule is CSc1ncc2cc(Br)c(=O)n(-c3ccccc3)c2n1. The van der Waals surface area contributed by atoms with Gasteiger partial charge in [-0.25, -0.2) is 9.97 Å². The van der Waals surface area contributed by atoms with Gasteiger partial charge in [0.05, 0.1) is 10.2 Å². The van der Waals surface area contributed by atoms with E-state index < -0.39 is 0 Å². The molecule has 4 nitrogen and oxygen atoms in total. The normalized spacial score (nSPS) is 10.9. The van der Waals surface area contributed by atoms with Gasteiger partial charge in [-0.15, -0.1) is 0 Å². The van der Waals surface area contributed by atoms with Crippen LogP contribution >= 0.6 is 27.7 Å². The predicted molar refractivity (Wildman–Crippen MR) is 84.6 cm³/mol. The van der Waals surface area contributed by atoms with E-state index >= 15 is 0 Å². The number of aromatic nitrogens is 3.